The van der Waals surface area contributed by atoms with Crippen LogP contribution in [-0.2, 0) is 9.05 Å². The Balaban J connectivity index is 3.26. The molecule has 0 bridgehead atoms. The number of halogens is 1. The number of hydrogen-bond acceptors (Lipinski definition) is 3. The van der Waals surface area contributed by atoms with Crippen molar-refractivity contribution in [3.05, 3.63) is 29.3 Å². The normalized spacial score (nSPS) is 14.4. The van der Waals surface area contributed by atoms with E-state index in [0.29, 0.717) is 23.5 Å². The van der Waals surface area contributed by atoms with Gasteiger partial charge in [-0.3, -0.25) is 0 Å². The first-order chi connectivity index (χ1) is 7.43. The summed E-state index contributed by atoms with van der Waals surface area (Å²) in [7, 11) is -3.78. The molecular weight excluding hydrogens is 247 g/mol. The summed E-state index contributed by atoms with van der Waals surface area (Å²) in [5.41, 5.74) is 0. The van der Waals surface area contributed by atoms with E-state index < -0.39 is 7.28 Å². The van der Waals surface area contributed by atoms with Crippen molar-refractivity contribution in [3.8, 4) is 0 Å². The molecule has 0 spiro atoms. The summed E-state index contributed by atoms with van der Waals surface area (Å²) < 4.78 is 11.0. The molecule has 5 heteroatoms. The van der Waals surface area contributed by atoms with Gasteiger partial charge in [0.05, 0.1) is 0 Å². The first kappa shape index (κ1) is 13.9. The Kier molecular flexibility index (Phi) is 4.33. The molecule has 1 aromatic carbocycles. The molecule has 0 unspecified atom stereocenters. The van der Waals surface area contributed by atoms with Gasteiger partial charge in [0.15, 0.2) is 0 Å². The van der Waals surface area contributed by atoms with Crippen LogP contribution in [0.2, 0.25) is 5.02 Å². The summed E-state index contributed by atoms with van der Waals surface area (Å²) in [6, 6.07) is 7.07. The molecule has 16 heavy (non-hydrogen) atoms. The van der Waals surface area contributed by atoms with Crippen molar-refractivity contribution in [2.24, 2.45) is 0 Å². The molecule has 0 saturated carbocycles. The molecule has 1 aromatic rings. The molecule has 0 aliphatic rings. The molecule has 0 amide bonds. The fraction of sp³-hybridized carbons (Fsp3) is 0.455. The quantitative estimate of drug-likeness (QED) is 0.831. The van der Waals surface area contributed by atoms with E-state index in [2.05, 4.69) is 0 Å². The summed E-state index contributed by atoms with van der Waals surface area (Å²) in [6.45, 7) is 5.97. The second kappa shape index (κ2) is 4.99. The van der Waals surface area contributed by atoms with E-state index in [1.54, 1.807) is 30.9 Å². The zero-order valence-electron chi connectivity index (χ0n) is 9.81. The maximum atomic E-state index is 10.7. The van der Waals surface area contributed by atoms with Crippen LogP contribution in [0.1, 0.15) is 13.8 Å². The molecule has 0 fully saturated rings. The minimum absolute atomic E-state index is 0.371. The molecule has 1 rings (SSSR count). The van der Waals surface area contributed by atoms with Crippen molar-refractivity contribution in [2.75, 3.05) is 19.9 Å². The monoisotopic (exact) mass is 264 g/mol. The van der Waals surface area contributed by atoms with Gasteiger partial charge >= 0.3 is 101 Å². The molecule has 0 aliphatic carbocycles. The van der Waals surface area contributed by atoms with Gasteiger partial charge in [0.25, 0.3) is 0 Å². The van der Waals surface area contributed by atoms with E-state index in [1.807, 2.05) is 13.8 Å². The third-order valence-electron chi connectivity index (χ3n) is 2.26. The number of benzene rings is 1. The summed E-state index contributed by atoms with van der Waals surface area (Å²) in [4.78, 5) is 10.7. The van der Waals surface area contributed by atoms with Gasteiger partial charge in [-0.15, -0.1) is 0 Å². The molecule has 0 aromatic heterocycles. The predicted molar refractivity (Wildman–Crippen MR) is 69.4 cm³/mol. The number of hydrogen-bond donors (Lipinski definition) is 1. The van der Waals surface area contributed by atoms with E-state index >= 15 is 0 Å². The zero-order chi connectivity index (χ0) is 12.3. The van der Waals surface area contributed by atoms with Crippen molar-refractivity contribution in [1.82, 2.24) is 0 Å². The SMILES string of the molecule is CCOP(C)(O)(OCC)c1ccccc1Cl. The Labute approximate surface area is 102 Å². The van der Waals surface area contributed by atoms with Gasteiger partial charge in [-0.05, 0) is 0 Å². The van der Waals surface area contributed by atoms with Crippen LogP contribution in [0.5, 0.6) is 0 Å². The van der Waals surface area contributed by atoms with Crippen molar-refractivity contribution < 1.29 is 13.9 Å². The first-order valence-electron chi connectivity index (χ1n) is 5.24. The standard InChI is InChI=1S/C11H18ClO3P/c1-4-14-16(3,13,15-5-2)11-9-7-6-8-10(11)12/h6-9,13H,4-5H2,1-3H3. The zero-order valence-corrected chi connectivity index (χ0v) is 11.5. The molecule has 0 saturated heterocycles. The van der Waals surface area contributed by atoms with Crippen LogP contribution >= 0.6 is 18.9 Å². The molecule has 1 N–H and O–H groups in total. The maximum absolute atomic E-state index is 10.7. The van der Waals surface area contributed by atoms with Crippen LogP contribution in [0.3, 0.4) is 0 Å². The van der Waals surface area contributed by atoms with Crippen molar-refractivity contribution in [2.45, 2.75) is 13.8 Å². The van der Waals surface area contributed by atoms with Gasteiger partial charge < -0.3 is 0 Å². The van der Waals surface area contributed by atoms with Crippen LogP contribution in [0, 0.1) is 0 Å². The van der Waals surface area contributed by atoms with Crippen molar-refractivity contribution >= 4 is 24.2 Å². The molecule has 92 valence electrons. The Morgan fingerprint density at radius 3 is 2.12 bits per heavy atom. The molecular formula is C11H18ClO3P. The van der Waals surface area contributed by atoms with E-state index in [4.69, 9.17) is 20.6 Å². The van der Waals surface area contributed by atoms with E-state index in [9.17, 15) is 4.89 Å². The molecule has 0 radical (unpaired) electrons. The van der Waals surface area contributed by atoms with Gasteiger partial charge in [0.1, 0.15) is 0 Å². The average Bonchev–Trinajstić information content (AvgIpc) is 2.18. The summed E-state index contributed by atoms with van der Waals surface area (Å²) in [5.74, 6) is 0. The Morgan fingerprint density at radius 2 is 1.69 bits per heavy atom. The average molecular weight is 265 g/mol. The summed E-state index contributed by atoms with van der Waals surface area (Å²) >= 11 is 6.08. The van der Waals surface area contributed by atoms with Crippen molar-refractivity contribution in [3.63, 3.8) is 0 Å². The van der Waals surface area contributed by atoms with Gasteiger partial charge in [-0.1, -0.05) is 0 Å². The van der Waals surface area contributed by atoms with Crippen molar-refractivity contribution in [1.29, 1.82) is 0 Å². The van der Waals surface area contributed by atoms with Crippen LogP contribution in [-0.4, -0.2) is 24.8 Å². The van der Waals surface area contributed by atoms with Crippen LogP contribution in [0.15, 0.2) is 24.3 Å². The Hall–Kier alpha value is -0.180. The van der Waals surface area contributed by atoms with Gasteiger partial charge in [-0.25, -0.2) is 0 Å². The molecule has 0 aliphatic heterocycles. The predicted octanol–water partition coefficient (Wildman–Crippen LogP) is 2.96. The minimum atomic E-state index is -3.78. The van der Waals surface area contributed by atoms with Gasteiger partial charge in [-0.2, -0.15) is 0 Å². The Morgan fingerprint density at radius 1 is 1.19 bits per heavy atom. The summed E-state index contributed by atoms with van der Waals surface area (Å²) in [5, 5.41) is 1.01. The fourth-order valence-electron chi connectivity index (χ4n) is 1.65. The van der Waals surface area contributed by atoms with E-state index in [1.165, 1.54) is 0 Å². The molecule has 0 atom stereocenters. The fourth-order valence-corrected chi connectivity index (χ4v) is 4.91. The first-order valence-corrected chi connectivity index (χ1v) is 8.09. The van der Waals surface area contributed by atoms with Gasteiger partial charge in [0, 0.05) is 0 Å². The van der Waals surface area contributed by atoms with E-state index in [-0.39, 0.29) is 0 Å². The third kappa shape index (κ3) is 2.73. The van der Waals surface area contributed by atoms with Crippen LogP contribution in [0.25, 0.3) is 0 Å². The van der Waals surface area contributed by atoms with Crippen LogP contribution < -0.4 is 5.30 Å². The second-order valence-corrected chi connectivity index (χ2v) is 7.62. The Bertz CT molecular complexity index is 358. The molecule has 3 nitrogen and oxygen atoms in total. The van der Waals surface area contributed by atoms with Gasteiger partial charge in [0.2, 0.25) is 0 Å². The van der Waals surface area contributed by atoms with E-state index in [0.717, 1.165) is 0 Å². The summed E-state index contributed by atoms with van der Waals surface area (Å²) in [6.07, 6.45) is 0. The molecule has 0 heterocycles. The second-order valence-electron chi connectivity index (χ2n) is 3.60. The number of rotatable bonds is 5. The third-order valence-corrected chi connectivity index (χ3v) is 5.94. The topological polar surface area (TPSA) is 38.7 Å². The van der Waals surface area contributed by atoms with Crippen LogP contribution in [0.4, 0.5) is 0 Å².